The van der Waals surface area contributed by atoms with E-state index in [1.807, 2.05) is 11.8 Å². The van der Waals surface area contributed by atoms with Gasteiger partial charge in [-0.25, -0.2) is 0 Å². The fourth-order valence-corrected chi connectivity index (χ4v) is 3.12. The molecule has 2 unspecified atom stereocenters. The minimum Gasteiger partial charge on any atom is -0.356 e. The third kappa shape index (κ3) is 23.5. The maximum atomic E-state index is 11.3. The topological polar surface area (TPSA) is 38.8 Å². The van der Waals surface area contributed by atoms with E-state index in [1.54, 1.807) is 14.2 Å². The molecule has 4 heteroatoms. The van der Waals surface area contributed by atoms with E-state index in [-0.39, 0.29) is 6.29 Å². The number of amides is 1. The Morgan fingerprint density at radius 3 is 1.28 bits per heavy atom. The van der Waals surface area contributed by atoms with Gasteiger partial charge in [0.25, 0.3) is 0 Å². The van der Waals surface area contributed by atoms with E-state index < -0.39 is 0 Å². The first kappa shape index (κ1) is 30.6. The highest BCUT2D eigenvalue weighted by molar-refractivity contribution is 5.46. The molecule has 2 atom stereocenters. The van der Waals surface area contributed by atoms with Crippen LogP contribution in [0.15, 0.2) is 0 Å². The molecule has 0 N–H and O–H groups in total. The molecule has 0 aromatic carbocycles. The quantitative estimate of drug-likeness (QED) is 0.194. The Hall–Kier alpha value is -0.610. The number of carbonyl (C=O) groups is 1. The molecule has 0 heterocycles. The predicted molar refractivity (Wildman–Crippen MR) is 126 cm³/mol. The third-order valence-electron chi connectivity index (χ3n) is 5.59. The van der Waals surface area contributed by atoms with E-state index in [9.17, 15) is 4.79 Å². The second kappa shape index (κ2) is 20.7. The molecule has 0 saturated carbocycles. The molecular formula is C25H53NO3. The average Bonchev–Trinajstić information content (AvgIpc) is 2.67. The van der Waals surface area contributed by atoms with Gasteiger partial charge in [-0.05, 0) is 43.4 Å². The van der Waals surface area contributed by atoms with Crippen molar-refractivity contribution in [3.05, 3.63) is 0 Å². The molecule has 0 aromatic heterocycles. The molecule has 0 bridgehead atoms. The Bertz CT molecular complexity index is 319. The fourth-order valence-electron chi connectivity index (χ4n) is 3.12. The summed E-state index contributed by atoms with van der Waals surface area (Å²) < 4.78 is 9.35. The van der Waals surface area contributed by atoms with Gasteiger partial charge in [0.2, 0.25) is 6.41 Å². The summed E-state index contributed by atoms with van der Waals surface area (Å²) >= 11 is 0. The molecule has 29 heavy (non-hydrogen) atoms. The summed E-state index contributed by atoms with van der Waals surface area (Å²) in [5.41, 5.74) is 0. The highest BCUT2D eigenvalue weighted by atomic mass is 16.7. The van der Waals surface area contributed by atoms with Gasteiger partial charge in [-0.3, -0.25) is 4.79 Å². The van der Waals surface area contributed by atoms with Crippen LogP contribution in [0.25, 0.3) is 0 Å². The molecule has 4 nitrogen and oxygen atoms in total. The van der Waals surface area contributed by atoms with E-state index in [4.69, 9.17) is 0 Å². The van der Waals surface area contributed by atoms with Crippen LogP contribution in [0.5, 0.6) is 0 Å². The third-order valence-corrected chi connectivity index (χ3v) is 5.59. The molecule has 0 fully saturated rings. The average molecular weight is 416 g/mol. The molecule has 176 valence electrons. The standard InChI is InChI=1S/C21H43NO.C4H10O2/c1-18(2)9-7-11-20(5)13-15-22(17-23)16-14-21(6)12-8-10-19(3)4;1-4(5-2)6-3/h17-21H,7-16H2,1-6H3;4H,1-3H3. The highest BCUT2D eigenvalue weighted by Gasteiger charge is 2.09. The molecule has 1 amide bonds. The van der Waals surface area contributed by atoms with Crippen LogP contribution in [0.4, 0.5) is 0 Å². The summed E-state index contributed by atoms with van der Waals surface area (Å²) in [4.78, 5) is 13.3. The lowest BCUT2D eigenvalue weighted by atomic mass is 9.96. The minimum absolute atomic E-state index is 0.0648. The van der Waals surface area contributed by atoms with Crippen molar-refractivity contribution in [2.45, 2.75) is 106 Å². The normalized spacial score (nSPS) is 13.4. The summed E-state index contributed by atoms with van der Waals surface area (Å²) in [5.74, 6) is 3.09. The highest BCUT2D eigenvalue weighted by Crippen LogP contribution is 2.17. The lowest BCUT2D eigenvalue weighted by molar-refractivity contribution is -0.118. The molecule has 0 spiro atoms. The van der Waals surface area contributed by atoms with Crippen LogP contribution >= 0.6 is 0 Å². The van der Waals surface area contributed by atoms with Gasteiger partial charge in [0.1, 0.15) is 0 Å². The van der Waals surface area contributed by atoms with Gasteiger partial charge in [-0.1, -0.05) is 80.1 Å². The van der Waals surface area contributed by atoms with Gasteiger partial charge >= 0.3 is 0 Å². The van der Waals surface area contributed by atoms with Crippen LogP contribution in [-0.2, 0) is 14.3 Å². The first-order valence-electron chi connectivity index (χ1n) is 11.9. The van der Waals surface area contributed by atoms with Crippen LogP contribution < -0.4 is 0 Å². The van der Waals surface area contributed by atoms with Crippen LogP contribution in [0.2, 0.25) is 0 Å². The molecule has 0 aliphatic carbocycles. The second-order valence-corrected chi connectivity index (χ2v) is 9.62. The van der Waals surface area contributed by atoms with Crippen molar-refractivity contribution in [2.24, 2.45) is 23.7 Å². The minimum atomic E-state index is -0.0648. The van der Waals surface area contributed by atoms with Crippen molar-refractivity contribution in [1.29, 1.82) is 0 Å². The number of methoxy groups -OCH3 is 2. The van der Waals surface area contributed by atoms with Crippen LogP contribution in [-0.4, -0.2) is 44.9 Å². The Balaban J connectivity index is 0. The second-order valence-electron chi connectivity index (χ2n) is 9.62. The zero-order valence-corrected chi connectivity index (χ0v) is 21.2. The fraction of sp³-hybridized carbons (Fsp3) is 0.960. The molecule has 0 radical (unpaired) electrons. The van der Waals surface area contributed by atoms with Crippen molar-refractivity contribution >= 4 is 6.41 Å². The molecule has 0 saturated heterocycles. The number of carbonyl (C=O) groups excluding carboxylic acids is 1. The number of hydrogen-bond acceptors (Lipinski definition) is 3. The van der Waals surface area contributed by atoms with Crippen LogP contribution in [0, 0.1) is 23.7 Å². The molecule has 0 rings (SSSR count). The predicted octanol–water partition coefficient (Wildman–Crippen LogP) is 6.78. The Morgan fingerprint density at radius 2 is 1.03 bits per heavy atom. The summed E-state index contributed by atoms with van der Waals surface area (Å²) in [7, 11) is 3.21. The Kier molecular flexibility index (Phi) is 21.8. The molecule has 0 aromatic rings. The SMILES string of the molecule is CC(C)CCCC(C)CCN(C=O)CCC(C)CCCC(C)C.COC(C)OC. The van der Waals surface area contributed by atoms with Crippen molar-refractivity contribution in [3.63, 3.8) is 0 Å². The summed E-state index contributed by atoms with van der Waals surface area (Å²) in [6, 6.07) is 0. The van der Waals surface area contributed by atoms with E-state index >= 15 is 0 Å². The van der Waals surface area contributed by atoms with E-state index in [2.05, 4.69) is 51.0 Å². The van der Waals surface area contributed by atoms with Crippen LogP contribution in [0.3, 0.4) is 0 Å². The van der Waals surface area contributed by atoms with Gasteiger partial charge in [0.15, 0.2) is 6.29 Å². The first-order chi connectivity index (χ1) is 13.7. The van der Waals surface area contributed by atoms with Crippen molar-refractivity contribution in [2.75, 3.05) is 27.3 Å². The smallest absolute Gasteiger partial charge is 0.209 e. The Labute approximate surface area is 183 Å². The maximum Gasteiger partial charge on any atom is 0.209 e. The number of rotatable bonds is 17. The number of ether oxygens (including phenoxy) is 2. The zero-order valence-electron chi connectivity index (χ0n) is 21.2. The largest absolute Gasteiger partial charge is 0.356 e. The molecule has 0 aliphatic rings. The van der Waals surface area contributed by atoms with Gasteiger partial charge in [0.05, 0.1) is 0 Å². The van der Waals surface area contributed by atoms with Crippen LogP contribution in [0.1, 0.15) is 99.8 Å². The lowest BCUT2D eigenvalue weighted by Crippen LogP contribution is -2.26. The first-order valence-corrected chi connectivity index (χ1v) is 11.9. The Morgan fingerprint density at radius 1 is 0.655 bits per heavy atom. The monoisotopic (exact) mass is 415 g/mol. The zero-order chi connectivity index (χ0) is 22.7. The van der Waals surface area contributed by atoms with E-state index in [0.717, 1.165) is 56.0 Å². The number of hydrogen-bond donors (Lipinski definition) is 0. The van der Waals surface area contributed by atoms with E-state index in [1.165, 1.54) is 38.5 Å². The summed E-state index contributed by atoms with van der Waals surface area (Å²) in [6.07, 6.45) is 11.2. The molecular weight excluding hydrogens is 362 g/mol. The van der Waals surface area contributed by atoms with E-state index in [0.29, 0.717) is 0 Å². The number of nitrogens with zero attached hydrogens (tertiary/aromatic N) is 1. The maximum absolute atomic E-state index is 11.3. The van der Waals surface area contributed by atoms with Crippen molar-refractivity contribution < 1.29 is 14.3 Å². The summed E-state index contributed by atoms with van der Waals surface area (Å²) in [6.45, 7) is 17.5. The summed E-state index contributed by atoms with van der Waals surface area (Å²) in [5, 5.41) is 0. The lowest BCUT2D eigenvalue weighted by Gasteiger charge is -2.22. The van der Waals surface area contributed by atoms with Gasteiger partial charge < -0.3 is 14.4 Å². The van der Waals surface area contributed by atoms with Gasteiger partial charge in [-0.2, -0.15) is 0 Å². The van der Waals surface area contributed by atoms with Crippen molar-refractivity contribution in [1.82, 2.24) is 4.90 Å². The van der Waals surface area contributed by atoms with Crippen molar-refractivity contribution in [3.8, 4) is 0 Å². The van der Waals surface area contributed by atoms with Gasteiger partial charge in [0, 0.05) is 27.3 Å². The van der Waals surface area contributed by atoms with Gasteiger partial charge in [-0.15, -0.1) is 0 Å². The molecule has 0 aliphatic heterocycles.